The van der Waals surface area contributed by atoms with Crippen LogP contribution < -0.4 is 5.32 Å². The number of amides is 2. The lowest BCUT2D eigenvalue weighted by Crippen LogP contribution is -2.51. The Bertz CT molecular complexity index is 593. The number of rotatable bonds is 3. The monoisotopic (exact) mass is 312 g/mol. The van der Waals surface area contributed by atoms with Crippen LogP contribution in [-0.2, 0) is 16.1 Å². The lowest BCUT2D eigenvalue weighted by Gasteiger charge is -2.36. The van der Waals surface area contributed by atoms with Crippen LogP contribution in [0.15, 0.2) is 12.3 Å². The molecular formula is C14H18F2N4O2. The number of hydrogen-bond acceptors (Lipinski definition) is 3. The van der Waals surface area contributed by atoms with Gasteiger partial charge in [0.2, 0.25) is 11.8 Å². The van der Waals surface area contributed by atoms with Gasteiger partial charge in [-0.2, -0.15) is 5.10 Å². The molecule has 2 aliphatic rings. The number of hydrogen-bond donors (Lipinski definition) is 1. The highest BCUT2D eigenvalue weighted by Crippen LogP contribution is 2.37. The summed E-state index contributed by atoms with van der Waals surface area (Å²) in [7, 11) is 0. The summed E-state index contributed by atoms with van der Waals surface area (Å²) in [6, 6.07) is 1.10. The van der Waals surface area contributed by atoms with E-state index in [-0.39, 0.29) is 37.1 Å². The van der Waals surface area contributed by atoms with Crippen molar-refractivity contribution in [2.24, 2.45) is 0 Å². The first-order valence-corrected chi connectivity index (χ1v) is 7.29. The van der Waals surface area contributed by atoms with Crippen molar-refractivity contribution in [3.63, 3.8) is 0 Å². The van der Waals surface area contributed by atoms with Gasteiger partial charge in [0, 0.05) is 38.5 Å². The maximum atomic E-state index is 12.8. The molecule has 3 rings (SSSR count). The van der Waals surface area contributed by atoms with Gasteiger partial charge in [0.25, 0.3) is 5.92 Å². The van der Waals surface area contributed by atoms with E-state index in [0.29, 0.717) is 13.1 Å². The van der Waals surface area contributed by atoms with Crippen LogP contribution in [0.5, 0.6) is 0 Å². The summed E-state index contributed by atoms with van der Waals surface area (Å²) in [5.74, 6) is -2.99. The second kappa shape index (κ2) is 5.33. The molecule has 0 spiro atoms. The molecule has 1 N–H and O–H groups in total. The highest BCUT2D eigenvalue weighted by atomic mass is 19.3. The van der Waals surface area contributed by atoms with E-state index in [1.165, 1.54) is 6.92 Å². The second-order valence-electron chi connectivity index (χ2n) is 6.05. The van der Waals surface area contributed by atoms with Gasteiger partial charge in [-0.25, -0.2) is 8.78 Å². The van der Waals surface area contributed by atoms with Gasteiger partial charge in [-0.05, 0) is 6.07 Å². The van der Waals surface area contributed by atoms with E-state index in [1.54, 1.807) is 15.8 Å². The second-order valence-corrected chi connectivity index (χ2v) is 6.05. The minimum Gasteiger partial charge on any atom is -0.353 e. The fraction of sp³-hybridized carbons (Fsp3) is 0.643. The van der Waals surface area contributed by atoms with E-state index in [1.807, 2.05) is 6.07 Å². The smallest absolute Gasteiger partial charge is 0.252 e. The molecule has 0 bridgehead atoms. The third-order valence-corrected chi connectivity index (χ3v) is 4.20. The van der Waals surface area contributed by atoms with Crippen LogP contribution in [0.4, 0.5) is 8.78 Å². The van der Waals surface area contributed by atoms with E-state index in [9.17, 15) is 18.4 Å². The third kappa shape index (κ3) is 2.95. The number of halogens is 2. The summed E-state index contributed by atoms with van der Waals surface area (Å²) in [4.78, 5) is 25.3. The Morgan fingerprint density at radius 1 is 1.45 bits per heavy atom. The molecule has 2 heterocycles. The third-order valence-electron chi connectivity index (χ3n) is 4.20. The van der Waals surface area contributed by atoms with Gasteiger partial charge in [0.15, 0.2) is 0 Å². The summed E-state index contributed by atoms with van der Waals surface area (Å²) < 4.78 is 27.3. The van der Waals surface area contributed by atoms with Gasteiger partial charge in [-0.15, -0.1) is 0 Å². The molecule has 6 nitrogen and oxygen atoms in total. The molecule has 120 valence electrons. The Hall–Kier alpha value is -1.99. The normalized spacial score (nSPS) is 23.6. The number of nitrogens with one attached hydrogen (secondary N) is 1. The standard InChI is InChI=1S/C14H18F2N4O2/c1-9(21)19-7-11-2-3-17-20(11)12(8-19)4-13(22)18-10-5-14(15,16)6-10/h2-3,10,12H,4-8H2,1H3,(H,18,22). The Morgan fingerprint density at radius 2 is 2.18 bits per heavy atom. The largest absolute Gasteiger partial charge is 0.353 e. The number of carbonyl (C=O) groups excluding carboxylic acids is 2. The first-order chi connectivity index (χ1) is 10.3. The van der Waals surface area contributed by atoms with E-state index >= 15 is 0 Å². The predicted molar refractivity (Wildman–Crippen MR) is 73.1 cm³/mol. The number of alkyl halides is 2. The van der Waals surface area contributed by atoms with Gasteiger partial charge in [0.1, 0.15) is 0 Å². The van der Waals surface area contributed by atoms with Gasteiger partial charge in [-0.1, -0.05) is 0 Å². The first kappa shape index (κ1) is 14.9. The van der Waals surface area contributed by atoms with E-state index in [0.717, 1.165) is 5.69 Å². The highest BCUT2D eigenvalue weighted by Gasteiger charge is 2.46. The average Bonchev–Trinajstić information content (AvgIpc) is 2.84. The van der Waals surface area contributed by atoms with Gasteiger partial charge < -0.3 is 10.2 Å². The van der Waals surface area contributed by atoms with Crippen LogP contribution in [0, 0.1) is 0 Å². The summed E-state index contributed by atoms with van der Waals surface area (Å²) in [6.45, 7) is 2.36. The zero-order valence-corrected chi connectivity index (χ0v) is 12.3. The van der Waals surface area contributed by atoms with Crippen LogP contribution in [0.1, 0.15) is 37.9 Å². The van der Waals surface area contributed by atoms with E-state index in [2.05, 4.69) is 10.4 Å². The van der Waals surface area contributed by atoms with Gasteiger partial charge in [-0.3, -0.25) is 14.3 Å². The van der Waals surface area contributed by atoms with E-state index < -0.39 is 12.0 Å². The SMILES string of the molecule is CC(=O)N1Cc2ccnn2C(CC(=O)NC2CC(F)(F)C2)C1. The van der Waals surface area contributed by atoms with Crippen molar-refractivity contribution in [2.45, 2.75) is 50.7 Å². The Labute approximate surface area is 126 Å². The molecule has 1 saturated carbocycles. The van der Waals surface area contributed by atoms with Crippen molar-refractivity contribution in [1.82, 2.24) is 20.0 Å². The number of fused-ring (bicyclic) bond motifs is 1. The number of nitrogens with zero attached hydrogens (tertiary/aromatic N) is 3. The van der Waals surface area contributed by atoms with E-state index in [4.69, 9.17) is 0 Å². The maximum absolute atomic E-state index is 12.8. The summed E-state index contributed by atoms with van der Waals surface area (Å²) in [5, 5.41) is 6.82. The molecule has 1 aliphatic carbocycles. The fourth-order valence-corrected chi connectivity index (χ4v) is 3.04. The Balaban J connectivity index is 1.62. The molecule has 0 aromatic carbocycles. The molecule has 1 aromatic heterocycles. The van der Waals surface area contributed by atoms with Gasteiger partial charge >= 0.3 is 0 Å². The molecule has 8 heteroatoms. The van der Waals surface area contributed by atoms with Crippen LogP contribution >= 0.6 is 0 Å². The lowest BCUT2D eigenvalue weighted by atomic mass is 9.88. The van der Waals surface area contributed by atoms with Crippen molar-refractivity contribution >= 4 is 11.8 Å². The van der Waals surface area contributed by atoms with Crippen LogP contribution in [0.3, 0.4) is 0 Å². The summed E-state index contributed by atoms with van der Waals surface area (Å²) in [6.07, 6.45) is 1.17. The van der Waals surface area contributed by atoms with Crippen LogP contribution in [0.2, 0.25) is 0 Å². The zero-order chi connectivity index (χ0) is 15.9. The summed E-state index contributed by atoms with van der Waals surface area (Å²) >= 11 is 0. The highest BCUT2D eigenvalue weighted by molar-refractivity contribution is 5.77. The van der Waals surface area contributed by atoms with Crippen molar-refractivity contribution in [3.8, 4) is 0 Å². The topological polar surface area (TPSA) is 67.2 Å². The molecule has 22 heavy (non-hydrogen) atoms. The molecule has 1 aliphatic heterocycles. The zero-order valence-electron chi connectivity index (χ0n) is 12.3. The minimum absolute atomic E-state index is 0.0588. The van der Waals surface area contributed by atoms with Crippen molar-refractivity contribution in [2.75, 3.05) is 6.54 Å². The van der Waals surface area contributed by atoms with Crippen LogP contribution in [-0.4, -0.2) is 45.0 Å². The van der Waals surface area contributed by atoms with Crippen molar-refractivity contribution < 1.29 is 18.4 Å². The molecule has 0 saturated heterocycles. The molecule has 2 amide bonds. The molecule has 1 fully saturated rings. The molecule has 1 unspecified atom stereocenters. The molecule has 0 radical (unpaired) electrons. The minimum atomic E-state index is -2.65. The number of aromatic nitrogens is 2. The average molecular weight is 312 g/mol. The Kier molecular flexibility index (Phi) is 3.62. The predicted octanol–water partition coefficient (Wildman–Crippen LogP) is 1.09. The molecular weight excluding hydrogens is 294 g/mol. The first-order valence-electron chi connectivity index (χ1n) is 7.29. The molecule has 1 atom stereocenters. The number of carbonyl (C=O) groups is 2. The fourth-order valence-electron chi connectivity index (χ4n) is 3.04. The summed E-state index contributed by atoms with van der Waals surface area (Å²) in [5.41, 5.74) is 0.870. The van der Waals surface area contributed by atoms with Crippen molar-refractivity contribution in [3.05, 3.63) is 18.0 Å². The Morgan fingerprint density at radius 3 is 2.82 bits per heavy atom. The lowest BCUT2D eigenvalue weighted by molar-refractivity contribution is -0.134. The molecule has 1 aromatic rings. The maximum Gasteiger partial charge on any atom is 0.252 e. The van der Waals surface area contributed by atoms with Crippen LogP contribution in [0.25, 0.3) is 0 Å². The van der Waals surface area contributed by atoms with Gasteiger partial charge in [0.05, 0.1) is 24.7 Å². The quantitative estimate of drug-likeness (QED) is 0.908. The van der Waals surface area contributed by atoms with Crippen molar-refractivity contribution in [1.29, 1.82) is 0 Å².